The largest absolute Gasteiger partial charge is 0.483 e. The van der Waals surface area contributed by atoms with Crippen molar-refractivity contribution < 1.29 is 17.9 Å². The van der Waals surface area contributed by atoms with Crippen molar-refractivity contribution in [2.24, 2.45) is 0 Å². The summed E-state index contributed by atoms with van der Waals surface area (Å²) in [5, 5.41) is 0. The van der Waals surface area contributed by atoms with Crippen molar-refractivity contribution in [1.82, 2.24) is 4.90 Å². The summed E-state index contributed by atoms with van der Waals surface area (Å²) in [6.45, 7) is 4.21. The number of benzene rings is 2. The fourth-order valence-corrected chi connectivity index (χ4v) is 5.37. The number of amides is 1. The first kappa shape index (κ1) is 22.2. The minimum Gasteiger partial charge on any atom is -0.483 e. The van der Waals surface area contributed by atoms with E-state index in [1.807, 2.05) is 75.3 Å². The molecule has 1 aliphatic heterocycles. The van der Waals surface area contributed by atoms with Crippen LogP contribution < -0.4 is 9.64 Å². The minimum atomic E-state index is -3.11. The van der Waals surface area contributed by atoms with Gasteiger partial charge >= 0.3 is 0 Å². The quantitative estimate of drug-likeness (QED) is 0.676. The Bertz CT molecular complexity index is 1000. The van der Waals surface area contributed by atoms with Crippen LogP contribution in [0.25, 0.3) is 0 Å². The van der Waals surface area contributed by atoms with Gasteiger partial charge in [0.25, 0.3) is 5.91 Å². The minimum absolute atomic E-state index is 0.0119. The van der Waals surface area contributed by atoms with Gasteiger partial charge in [-0.05, 0) is 55.2 Å². The molecule has 162 valence electrons. The number of carbonyl (C=O) groups excluding carboxylic acids is 1. The third-order valence-corrected chi connectivity index (χ3v) is 7.43. The summed E-state index contributed by atoms with van der Waals surface area (Å²) >= 11 is 0. The molecule has 1 amide bonds. The molecule has 2 aromatic rings. The van der Waals surface area contributed by atoms with E-state index in [1.165, 1.54) is 0 Å². The monoisotopic (exact) mass is 430 g/mol. The van der Waals surface area contributed by atoms with Crippen LogP contribution in [0.1, 0.15) is 23.1 Å². The molecule has 7 heteroatoms. The Morgan fingerprint density at radius 1 is 1.10 bits per heavy atom. The van der Waals surface area contributed by atoms with Crippen LogP contribution >= 0.6 is 0 Å². The van der Waals surface area contributed by atoms with Gasteiger partial charge in [0, 0.05) is 32.4 Å². The van der Waals surface area contributed by atoms with Crippen LogP contribution in [0.2, 0.25) is 0 Å². The SMILES string of the molecule is Cc1cccc(OCC(=O)N(Cc2ccc(N(C)C)cc2)[C@@H]2CCS(=O)(=O)C2)c1C. The summed E-state index contributed by atoms with van der Waals surface area (Å²) < 4.78 is 29.9. The fourth-order valence-electron chi connectivity index (χ4n) is 3.64. The van der Waals surface area contributed by atoms with E-state index in [2.05, 4.69) is 0 Å². The lowest BCUT2D eigenvalue weighted by molar-refractivity contribution is -0.136. The topological polar surface area (TPSA) is 66.9 Å². The third kappa shape index (κ3) is 5.33. The Morgan fingerprint density at radius 3 is 2.40 bits per heavy atom. The maximum absolute atomic E-state index is 13.1. The molecule has 30 heavy (non-hydrogen) atoms. The molecule has 2 aromatic carbocycles. The Morgan fingerprint density at radius 2 is 1.80 bits per heavy atom. The molecule has 1 atom stereocenters. The highest BCUT2D eigenvalue weighted by atomic mass is 32.2. The molecule has 0 unspecified atom stereocenters. The summed E-state index contributed by atoms with van der Waals surface area (Å²) in [4.78, 5) is 16.8. The van der Waals surface area contributed by atoms with Gasteiger partial charge in [0.1, 0.15) is 5.75 Å². The van der Waals surface area contributed by atoms with Crippen LogP contribution in [0.4, 0.5) is 5.69 Å². The lowest BCUT2D eigenvalue weighted by Gasteiger charge is -2.29. The summed E-state index contributed by atoms with van der Waals surface area (Å²) in [5.41, 5.74) is 4.13. The zero-order valence-electron chi connectivity index (χ0n) is 18.1. The number of anilines is 1. The number of rotatable bonds is 7. The van der Waals surface area contributed by atoms with Crippen molar-refractivity contribution in [3.05, 3.63) is 59.2 Å². The third-order valence-electron chi connectivity index (χ3n) is 5.68. The van der Waals surface area contributed by atoms with E-state index in [4.69, 9.17) is 4.74 Å². The standard InChI is InChI=1S/C23H30N2O4S/c1-17-6-5-7-22(18(17)2)29-15-23(26)25(21-12-13-30(27,28)16-21)14-19-8-10-20(11-9-19)24(3)4/h5-11,21H,12-16H2,1-4H3/t21-/m1/s1. The van der Waals surface area contributed by atoms with Crippen molar-refractivity contribution in [3.63, 3.8) is 0 Å². The number of hydrogen-bond donors (Lipinski definition) is 0. The first-order chi connectivity index (χ1) is 14.2. The summed E-state index contributed by atoms with van der Waals surface area (Å²) in [7, 11) is 0.837. The van der Waals surface area contributed by atoms with E-state index < -0.39 is 9.84 Å². The van der Waals surface area contributed by atoms with E-state index >= 15 is 0 Å². The molecule has 1 aliphatic rings. The molecule has 0 N–H and O–H groups in total. The Kier molecular flexibility index (Phi) is 6.71. The number of aryl methyl sites for hydroxylation is 1. The Labute approximate surface area is 179 Å². The number of sulfone groups is 1. The summed E-state index contributed by atoms with van der Waals surface area (Å²) in [6.07, 6.45) is 0.466. The predicted octanol–water partition coefficient (Wildman–Crippen LogP) is 2.96. The van der Waals surface area contributed by atoms with Crippen LogP contribution in [0.3, 0.4) is 0 Å². The summed E-state index contributed by atoms with van der Waals surface area (Å²) in [6, 6.07) is 13.4. The molecule has 0 aliphatic carbocycles. The first-order valence-corrected chi connectivity index (χ1v) is 11.9. The normalized spacial score (nSPS) is 17.5. The van der Waals surface area contributed by atoms with Gasteiger partial charge in [-0.25, -0.2) is 8.42 Å². The molecular formula is C23H30N2O4S. The van der Waals surface area contributed by atoms with Crippen LogP contribution in [-0.2, 0) is 21.2 Å². The van der Waals surface area contributed by atoms with Gasteiger partial charge in [-0.1, -0.05) is 24.3 Å². The van der Waals surface area contributed by atoms with Crippen molar-refractivity contribution in [1.29, 1.82) is 0 Å². The van der Waals surface area contributed by atoms with Crippen LogP contribution in [0.15, 0.2) is 42.5 Å². The molecule has 0 aromatic heterocycles. The van der Waals surface area contributed by atoms with Gasteiger partial charge in [0.15, 0.2) is 16.4 Å². The lowest BCUT2D eigenvalue weighted by atomic mass is 10.1. The number of carbonyl (C=O) groups is 1. The number of hydrogen-bond acceptors (Lipinski definition) is 5. The smallest absolute Gasteiger partial charge is 0.261 e. The molecule has 6 nitrogen and oxygen atoms in total. The van der Waals surface area contributed by atoms with Crippen LogP contribution in [0.5, 0.6) is 5.75 Å². The molecule has 1 heterocycles. The number of nitrogens with zero attached hydrogens (tertiary/aromatic N) is 2. The molecule has 1 saturated heterocycles. The average Bonchev–Trinajstić information content (AvgIpc) is 3.06. The van der Waals surface area contributed by atoms with Crippen molar-refractivity contribution in [2.75, 3.05) is 37.1 Å². The molecule has 0 bridgehead atoms. The van der Waals surface area contributed by atoms with Gasteiger partial charge in [-0.2, -0.15) is 0 Å². The van der Waals surface area contributed by atoms with Crippen LogP contribution in [0, 0.1) is 13.8 Å². The Balaban J connectivity index is 1.76. The van der Waals surface area contributed by atoms with E-state index in [0.29, 0.717) is 18.7 Å². The van der Waals surface area contributed by atoms with E-state index in [-0.39, 0.29) is 30.1 Å². The molecule has 0 radical (unpaired) electrons. The van der Waals surface area contributed by atoms with Gasteiger partial charge in [-0.3, -0.25) is 4.79 Å². The zero-order chi connectivity index (χ0) is 21.9. The number of ether oxygens (including phenoxy) is 1. The zero-order valence-corrected chi connectivity index (χ0v) is 18.9. The summed E-state index contributed by atoms with van der Waals surface area (Å²) in [5.74, 6) is 0.615. The van der Waals surface area contributed by atoms with Crippen LogP contribution in [-0.4, -0.2) is 57.5 Å². The van der Waals surface area contributed by atoms with Gasteiger partial charge in [0.2, 0.25) is 0 Å². The fraction of sp³-hybridized carbons (Fsp3) is 0.435. The molecule has 3 rings (SSSR count). The maximum Gasteiger partial charge on any atom is 0.261 e. The highest BCUT2D eigenvalue weighted by molar-refractivity contribution is 7.91. The Hall–Kier alpha value is -2.54. The van der Waals surface area contributed by atoms with E-state index in [1.54, 1.807) is 4.90 Å². The predicted molar refractivity (Wildman–Crippen MR) is 120 cm³/mol. The second-order valence-corrected chi connectivity index (χ2v) is 10.4. The lowest BCUT2D eigenvalue weighted by Crippen LogP contribution is -2.43. The van der Waals surface area contributed by atoms with Crippen molar-refractivity contribution in [2.45, 2.75) is 32.9 Å². The molecule has 0 saturated carbocycles. The highest BCUT2D eigenvalue weighted by Crippen LogP contribution is 2.23. The molecule has 1 fully saturated rings. The van der Waals surface area contributed by atoms with Gasteiger partial charge in [0.05, 0.1) is 11.5 Å². The molecule has 0 spiro atoms. The van der Waals surface area contributed by atoms with E-state index in [0.717, 1.165) is 22.4 Å². The van der Waals surface area contributed by atoms with E-state index in [9.17, 15) is 13.2 Å². The van der Waals surface area contributed by atoms with Crippen molar-refractivity contribution in [3.8, 4) is 5.75 Å². The maximum atomic E-state index is 13.1. The first-order valence-electron chi connectivity index (χ1n) is 10.1. The second kappa shape index (κ2) is 9.08. The molecular weight excluding hydrogens is 400 g/mol. The van der Waals surface area contributed by atoms with Gasteiger partial charge < -0.3 is 14.5 Å². The highest BCUT2D eigenvalue weighted by Gasteiger charge is 2.34. The van der Waals surface area contributed by atoms with Gasteiger partial charge in [-0.15, -0.1) is 0 Å². The van der Waals surface area contributed by atoms with Crippen molar-refractivity contribution >= 4 is 21.4 Å². The second-order valence-electron chi connectivity index (χ2n) is 8.13. The average molecular weight is 431 g/mol.